The molecule has 0 N–H and O–H groups in total. The first-order valence-corrected chi connectivity index (χ1v) is 9.68. The maximum absolute atomic E-state index is 13.4. The number of likely N-dealkylation sites (N-methyl/N-ethyl adjacent to an activating group) is 1. The number of carbonyl (C=O) groups excluding carboxylic acids is 1. The molecule has 0 amide bonds. The van der Waals surface area contributed by atoms with E-state index in [1.807, 2.05) is 42.5 Å². The fourth-order valence-corrected chi connectivity index (χ4v) is 4.06. The van der Waals surface area contributed by atoms with Crippen LogP contribution in [0.2, 0.25) is 0 Å². The molecule has 1 aliphatic rings. The van der Waals surface area contributed by atoms with Gasteiger partial charge in [-0.15, -0.1) is 0 Å². The summed E-state index contributed by atoms with van der Waals surface area (Å²) in [5, 5.41) is 0. The minimum atomic E-state index is -0.104. The van der Waals surface area contributed by atoms with Gasteiger partial charge in [0.25, 0.3) is 0 Å². The van der Waals surface area contributed by atoms with Crippen LogP contribution in [0.4, 0.5) is 0 Å². The van der Waals surface area contributed by atoms with E-state index in [1.54, 1.807) is 7.11 Å². The molecule has 138 valence electrons. The van der Waals surface area contributed by atoms with E-state index < -0.39 is 0 Å². The standard InChI is InChI=1S/C23H30NO2/c1-24(16-8-3-4-9-17-24)18-22(19-10-6-5-7-11-19)23(25)20-12-14-21(26-2)15-13-20/h5-7,10-15,22H,3-4,8-9,16-18H2,1-2H3/q+1/t22-/m0/s1. The molecule has 3 nitrogen and oxygen atoms in total. The molecule has 1 heterocycles. The van der Waals surface area contributed by atoms with Gasteiger partial charge < -0.3 is 9.22 Å². The number of nitrogens with zero attached hydrogens (tertiary/aromatic N) is 1. The number of carbonyl (C=O) groups is 1. The van der Waals surface area contributed by atoms with Crippen molar-refractivity contribution in [2.24, 2.45) is 0 Å². The summed E-state index contributed by atoms with van der Waals surface area (Å²) >= 11 is 0. The third-order valence-electron chi connectivity index (χ3n) is 5.66. The van der Waals surface area contributed by atoms with Gasteiger partial charge in [-0.25, -0.2) is 0 Å². The van der Waals surface area contributed by atoms with Crippen LogP contribution in [0.15, 0.2) is 54.6 Å². The van der Waals surface area contributed by atoms with Gasteiger partial charge in [0.2, 0.25) is 0 Å². The summed E-state index contributed by atoms with van der Waals surface area (Å²) in [5.74, 6) is 0.888. The van der Waals surface area contributed by atoms with Crippen LogP contribution in [0.1, 0.15) is 47.5 Å². The highest BCUT2D eigenvalue weighted by atomic mass is 16.5. The monoisotopic (exact) mass is 352 g/mol. The molecule has 1 saturated heterocycles. The van der Waals surface area contributed by atoms with Crippen molar-refractivity contribution >= 4 is 5.78 Å². The number of benzene rings is 2. The number of ketones is 1. The zero-order valence-corrected chi connectivity index (χ0v) is 16.0. The van der Waals surface area contributed by atoms with Gasteiger partial charge in [0.05, 0.1) is 39.7 Å². The van der Waals surface area contributed by atoms with Crippen molar-refractivity contribution in [1.29, 1.82) is 0 Å². The van der Waals surface area contributed by atoms with Gasteiger partial charge in [-0.1, -0.05) is 30.3 Å². The number of likely N-dealkylation sites (tertiary alicyclic amines) is 1. The number of quaternary nitrogens is 1. The smallest absolute Gasteiger partial charge is 0.175 e. The Balaban J connectivity index is 1.88. The quantitative estimate of drug-likeness (QED) is 0.557. The Bertz CT molecular complexity index is 701. The molecule has 1 fully saturated rings. The van der Waals surface area contributed by atoms with Gasteiger partial charge in [-0.2, -0.15) is 0 Å². The fourth-order valence-electron chi connectivity index (χ4n) is 4.06. The Morgan fingerprint density at radius 1 is 0.962 bits per heavy atom. The highest BCUT2D eigenvalue weighted by molar-refractivity contribution is 6.01. The molecule has 0 spiro atoms. The lowest BCUT2D eigenvalue weighted by Gasteiger charge is -2.36. The van der Waals surface area contributed by atoms with Crippen LogP contribution in [-0.4, -0.2) is 44.1 Å². The normalized spacial score (nSPS) is 17.9. The molecule has 26 heavy (non-hydrogen) atoms. The lowest BCUT2D eigenvalue weighted by atomic mass is 9.89. The first-order valence-electron chi connectivity index (χ1n) is 9.68. The topological polar surface area (TPSA) is 26.3 Å². The molecule has 0 radical (unpaired) electrons. The second kappa shape index (κ2) is 8.50. The fraction of sp³-hybridized carbons (Fsp3) is 0.435. The van der Waals surface area contributed by atoms with Crippen molar-refractivity contribution in [3.05, 3.63) is 65.7 Å². The molecule has 1 atom stereocenters. The molecule has 2 aromatic rings. The molecule has 1 aliphatic heterocycles. The van der Waals surface area contributed by atoms with Gasteiger partial charge in [0.15, 0.2) is 5.78 Å². The maximum Gasteiger partial charge on any atom is 0.175 e. The zero-order chi connectivity index (χ0) is 18.4. The average Bonchev–Trinajstić information content (AvgIpc) is 2.91. The summed E-state index contributed by atoms with van der Waals surface area (Å²) < 4.78 is 6.22. The molecule has 2 aromatic carbocycles. The lowest BCUT2D eigenvalue weighted by Crippen LogP contribution is -2.48. The van der Waals surface area contributed by atoms with E-state index in [9.17, 15) is 4.79 Å². The van der Waals surface area contributed by atoms with Crippen LogP contribution in [-0.2, 0) is 0 Å². The van der Waals surface area contributed by atoms with Gasteiger partial charge in [0, 0.05) is 5.56 Å². The summed E-state index contributed by atoms with van der Waals surface area (Å²) in [6.45, 7) is 3.20. The first-order chi connectivity index (χ1) is 12.6. The number of hydrogen-bond acceptors (Lipinski definition) is 2. The van der Waals surface area contributed by atoms with Crippen molar-refractivity contribution in [3.63, 3.8) is 0 Å². The Morgan fingerprint density at radius 3 is 2.15 bits per heavy atom. The number of Topliss-reactive ketones (excluding diaryl/α,β-unsaturated/α-hetero) is 1. The molecule has 0 aromatic heterocycles. The van der Waals surface area contributed by atoms with Crippen molar-refractivity contribution < 1.29 is 14.0 Å². The number of rotatable bonds is 6. The number of ether oxygens (including phenoxy) is 1. The third kappa shape index (κ3) is 4.53. The number of methoxy groups -OCH3 is 1. The summed E-state index contributed by atoms with van der Waals surface area (Å²) in [6.07, 6.45) is 5.15. The van der Waals surface area contributed by atoms with Gasteiger partial charge >= 0.3 is 0 Å². The second-order valence-electron chi connectivity index (χ2n) is 7.72. The number of hydrogen-bond donors (Lipinski definition) is 0. The van der Waals surface area contributed by atoms with Crippen LogP contribution >= 0.6 is 0 Å². The van der Waals surface area contributed by atoms with Crippen molar-refractivity contribution in [1.82, 2.24) is 0 Å². The van der Waals surface area contributed by atoms with Crippen LogP contribution in [0.25, 0.3) is 0 Å². The highest BCUT2D eigenvalue weighted by Crippen LogP contribution is 2.27. The van der Waals surface area contributed by atoms with Crippen molar-refractivity contribution in [2.75, 3.05) is 33.8 Å². The predicted molar refractivity (Wildman–Crippen MR) is 106 cm³/mol. The van der Waals surface area contributed by atoms with E-state index in [0.29, 0.717) is 0 Å². The third-order valence-corrected chi connectivity index (χ3v) is 5.66. The minimum Gasteiger partial charge on any atom is -0.497 e. The SMILES string of the molecule is COc1ccc(C(=O)[C@@H](C[N+]2(C)CCCCCC2)c2ccccc2)cc1. The van der Waals surface area contributed by atoms with E-state index in [1.165, 1.54) is 38.8 Å². The van der Waals surface area contributed by atoms with E-state index >= 15 is 0 Å². The second-order valence-corrected chi connectivity index (χ2v) is 7.72. The molecular weight excluding hydrogens is 322 g/mol. The van der Waals surface area contributed by atoms with Crippen LogP contribution < -0.4 is 4.74 Å². The molecule has 3 rings (SSSR count). The molecule has 0 bridgehead atoms. The largest absolute Gasteiger partial charge is 0.497 e. The zero-order valence-electron chi connectivity index (χ0n) is 16.0. The van der Waals surface area contributed by atoms with Gasteiger partial charge in [-0.3, -0.25) is 4.79 Å². The molecule has 0 aliphatic carbocycles. The van der Waals surface area contributed by atoms with Gasteiger partial charge in [0.1, 0.15) is 5.75 Å². The van der Waals surface area contributed by atoms with Crippen LogP contribution in [0.3, 0.4) is 0 Å². The maximum atomic E-state index is 13.4. The lowest BCUT2D eigenvalue weighted by molar-refractivity contribution is -0.909. The van der Waals surface area contributed by atoms with Gasteiger partial charge in [-0.05, 0) is 55.5 Å². The summed E-state index contributed by atoms with van der Waals surface area (Å²) in [6, 6.07) is 17.8. The molecule has 3 heteroatoms. The van der Waals surface area contributed by atoms with E-state index in [0.717, 1.165) is 27.9 Å². The Morgan fingerprint density at radius 2 is 1.58 bits per heavy atom. The summed E-state index contributed by atoms with van der Waals surface area (Å²) in [7, 11) is 3.97. The molecule has 0 saturated carbocycles. The highest BCUT2D eigenvalue weighted by Gasteiger charge is 2.32. The minimum absolute atomic E-state index is 0.104. The van der Waals surface area contributed by atoms with Crippen LogP contribution in [0, 0.1) is 0 Å². The van der Waals surface area contributed by atoms with Crippen LogP contribution in [0.5, 0.6) is 5.75 Å². The Labute approximate surface area is 157 Å². The Hall–Kier alpha value is -2.13. The van der Waals surface area contributed by atoms with E-state index in [4.69, 9.17) is 4.74 Å². The van der Waals surface area contributed by atoms with Crippen molar-refractivity contribution in [3.8, 4) is 5.75 Å². The molecule has 0 unspecified atom stereocenters. The molecular formula is C23H30NO2+. The van der Waals surface area contributed by atoms with E-state index in [2.05, 4.69) is 19.2 Å². The van der Waals surface area contributed by atoms with Crippen molar-refractivity contribution in [2.45, 2.75) is 31.6 Å². The average molecular weight is 352 g/mol. The van der Waals surface area contributed by atoms with E-state index in [-0.39, 0.29) is 11.7 Å². The predicted octanol–water partition coefficient (Wildman–Crippen LogP) is 4.68. The Kier molecular flexibility index (Phi) is 6.10. The summed E-state index contributed by atoms with van der Waals surface area (Å²) in [5.41, 5.74) is 1.89. The summed E-state index contributed by atoms with van der Waals surface area (Å²) in [4.78, 5) is 13.4. The first kappa shape index (κ1) is 18.7.